The minimum absolute atomic E-state index is 0.00630. The van der Waals surface area contributed by atoms with Crippen molar-refractivity contribution in [1.29, 1.82) is 0 Å². The Morgan fingerprint density at radius 2 is 2.05 bits per heavy atom. The average Bonchev–Trinajstić information content (AvgIpc) is 2.81. The lowest BCUT2D eigenvalue weighted by Crippen LogP contribution is -2.20. The van der Waals surface area contributed by atoms with Crippen molar-refractivity contribution in [3.8, 4) is 0 Å². The molecule has 0 saturated carbocycles. The monoisotopic (exact) mass is 303 g/mol. The van der Waals surface area contributed by atoms with Gasteiger partial charge < -0.3 is 9.84 Å². The first-order valence-electron chi connectivity index (χ1n) is 6.22. The van der Waals surface area contributed by atoms with Crippen LogP contribution in [0.15, 0.2) is 22.7 Å². The van der Waals surface area contributed by atoms with Gasteiger partial charge in [-0.3, -0.25) is 0 Å². The maximum atomic E-state index is 12.9. The fourth-order valence-electron chi connectivity index (χ4n) is 1.83. The highest BCUT2D eigenvalue weighted by atomic mass is 19.4. The summed E-state index contributed by atoms with van der Waals surface area (Å²) in [7, 11) is 0. The van der Waals surface area contributed by atoms with E-state index in [2.05, 4.69) is 15.5 Å². The molecule has 2 aromatic rings. The lowest BCUT2D eigenvalue weighted by atomic mass is 10.1. The van der Waals surface area contributed by atoms with Crippen LogP contribution in [0, 0.1) is 12.7 Å². The summed E-state index contributed by atoms with van der Waals surface area (Å²) >= 11 is 0. The largest absolute Gasteiger partial charge is 0.416 e. The molecule has 0 aliphatic heterocycles. The zero-order chi connectivity index (χ0) is 15.5. The fraction of sp³-hybridized carbons (Fsp3) is 0.385. The van der Waals surface area contributed by atoms with Gasteiger partial charge in [-0.15, -0.1) is 0 Å². The number of aromatic nitrogens is 2. The minimum atomic E-state index is -4.58. The molecule has 0 bridgehead atoms. The van der Waals surface area contributed by atoms with E-state index in [4.69, 9.17) is 4.52 Å². The number of alkyl halides is 3. The van der Waals surface area contributed by atoms with Gasteiger partial charge in [0.25, 0.3) is 0 Å². The van der Waals surface area contributed by atoms with Gasteiger partial charge in [-0.05, 0) is 17.7 Å². The quantitative estimate of drug-likeness (QED) is 0.681. The Morgan fingerprint density at radius 3 is 2.67 bits per heavy atom. The zero-order valence-corrected chi connectivity index (χ0v) is 11.2. The van der Waals surface area contributed by atoms with Crippen molar-refractivity contribution in [2.24, 2.45) is 0 Å². The number of rotatable bonds is 5. The molecule has 0 aliphatic rings. The van der Waals surface area contributed by atoms with Crippen LogP contribution in [0.5, 0.6) is 0 Å². The third kappa shape index (κ3) is 4.25. The van der Waals surface area contributed by atoms with Gasteiger partial charge in [0.05, 0.1) is 5.56 Å². The van der Waals surface area contributed by atoms with Crippen LogP contribution in [0.25, 0.3) is 0 Å². The molecule has 1 aromatic carbocycles. The summed E-state index contributed by atoms with van der Waals surface area (Å²) in [6.45, 7) is 2.01. The van der Waals surface area contributed by atoms with E-state index in [1.807, 2.05) is 0 Å². The summed E-state index contributed by atoms with van der Waals surface area (Å²) in [5, 5.41) is 6.52. The molecule has 1 N–H and O–H groups in total. The molecular formula is C13H13F4N3O. The second-order valence-corrected chi connectivity index (χ2v) is 4.46. The van der Waals surface area contributed by atoms with E-state index >= 15 is 0 Å². The molecule has 0 saturated heterocycles. The molecule has 8 heteroatoms. The van der Waals surface area contributed by atoms with Gasteiger partial charge in [-0.2, -0.15) is 18.2 Å². The molecule has 0 radical (unpaired) electrons. The van der Waals surface area contributed by atoms with Crippen molar-refractivity contribution in [2.45, 2.75) is 26.1 Å². The highest BCUT2D eigenvalue weighted by molar-refractivity contribution is 5.30. The SMILES string of the molecule is Cc1nc(CCNCc2ccc(F)cc2C(F)(F)F)no1. The Hall–Kier alpha value is -1.96. The fourth-order valence-corrected chi connectivity index (χ4v) is 1.83. The van der Waals surface area contributed by atoms with E-state index in [1.165, 1.54) is 0 Å². The molecule has 0 aliphatic carbocycles. The first-order chi connectivity index (χ1) is 9.86. The van der Waals surface area contributed by atoms with Crippen LogP contribution in [0.3, 0.4) is 0 Å². The maximum Gasteiger partial charge on any atom is 0.416 e. The minimum Gasteiger partial charge on any atom is -0.340 e. The van der Waals surface area contributed by atoms with Crippen LogP contribution in [-0.2, 0) is 19.1 Å². The van der Waals surface area contributed by atoms with Crippen LogP contribution < -0.4 is 5.32 Å². The normalized spacial score (nSPS) is 11.9. The van der Waals surface area contributed by atoms with Gasteiger partial charge in [-0.1, -0.05) is 11.2 Å². The second kappa shape index (κ2) is 6.21. The summed E-state index contributed by atoms with van der Waals surface area (Å²) in [4.78, 5) is 3.98. The number of hydrogen-bond acceptors (Lipinski definition) is 4. The number of aryl methyl sites for hydroxylation is 1. The smallest absolute Gasteiger partial charge is 0.340 e. The number of nitrogens with zero attached hydrogens (tertiary/aromatic N) is 2. The number of hydrogen-bond donors (Lipinski definition) is 1. The second-order valence-electron chi connectivity index (χ2n) is 4.46. The number of nitrogens with one attached hydrogen (secondary N) is 1. The highest BCUT2D eigenvalue weighted by Gasteiger charge is 2.33. The van der Waals surface area contributed by atoms with Gasteiger partial charge in [0.1, 0.15) is 5.82 Å². The van der Waals surface area contributed by atoms with Crippen LogP contribution in [0.2, 0.25) is 0 Å². The lowest BCUT2D eigenvalue weighted by Gasteiger charge is -2.13. The van der Waals surface area contributed by atoms with Crippen molar-refractivity contribution in [1.82, 2.24) is 15.5 Å². The topological polar surface area (TPSA) is 51.0 Å². The molecule has 0 amide bonds. The zero-order valence-electron chi connectivity index (χ0n) is 11.2. The third-order valence-electron chi connectivity index (χ3n) is 2.79. The predicted octanol–water partition coefficient (Wildman–Crippen LogP) is 2.87. The van der Waals surface area contributed by atoms with Gasteiger partial charge in [0.15, 0.2) is 5.82 Å². The highest BCUT2D eigenvalue weighted by Crippen LogP contribution is 2.32. The molecular weight excluding hydrogens is 290 g/mol. The molecule has 21 heavy (non-hydrogen) atoms. The van der Waals surface area contributed by atoms with Gasteiger partial charge in [0, 0.05) is 26.4 Å². The van der Waals surface area contributed by atoms with Crippen molar-refractivity contribution < 1.29 is 22.1 Å². The van der Waals surface area contributed by atoms with Crippen molar-refractivity contribution >= 4 is 0 Å². The molecule has 0 unspecified atom stereocenters. The van der Waals surface area contributed by atoms with E-state index in [-0.39, 0.29) is 12.1 Å². The van der Waals surface area contributed by atoms with Crippen LogP contribution in [0.4, 0.5) is 17.6 Å². The molecule has 1 heterocycles. The summed E-state index contributed by atoms with van der Waals surface area (Å²) in [5.41, 5.74) is -0.974. The Morgan fingerprint density at radius 1 is 1.29 bits per heavy atom. The number of halogens is 4. The Balaban J connectivity index is 1.94. The van der Waals surface area contributed by atoms with E-state index in [0.717, 1.165) is 12.1 Å². The maximum absolute atomic E-state index is 12.9. The molecule has 0 atom stereocenters. The standard InChI is InChI=1S/C13H13F4N3O/c1-8-19-12(20-21-8)4-5-18-7-9-2-3-10(14)6-11(9)13(15,16)17/h2-3,6,18H,4-5,7H2,1H3. The lowest BCUT2D eigenvalue weighted by molar-refractivity contribution is -0.138. The third-order valence-corrected chi connectivity index (χ3v) is 2.79. The first-order valence-corrected chi connectivity index (χ1v) is 6.22. The molecule has 0 spiro atoms. The summed E-state index contributed by atoms with van der Waals surface area (Å²) in [6, 6.07) is 2.64. The van der Waals surface area contributed by atoms with Crippen molar-refractivity contribution in [3.63, 3.8) is 0 Å². The van der Waals surface area contributed by atoms with Crippen LogP contribution in [-0.4, -0.2) is 16.7 Å². The summed E-state index contributed by atoms with van der Waals surface area (Å²) < 4.78 is 56.1. The van der Waals surface area contributed by atoms with Crippen molar-refractivity contribution in [3.05, 3.63) is 46.9 Å². The Labute approximate surface area is 118 Å². The van der Waals surface area contributed by atoms with Crippen LogP contribution in [0.1, 0.15) is 22.8 Å². The Kier molecular flexibility index (Phi) is 4.56. The summed E-state index contributed by atoms with van der Waals surface area (Å²) in [5.74, 6) is 0.00592. The predicted molar refractivity (Wildman–Crippen MR) is 65.8 cm³/mol. The van der Waals surface area contributed by atoms with Gasteiger partial charge in [-0.25, -0.2) is 4.39 Å². The number of benzene rings is 1. The van der Waals surface area contributed by atoms with Crippen molar-refractivity contribution in [2.75, 3.05) is 6.54 Å². The van der Waals surface area contributed by atoms with E-state index in [1.54, 1.807) is 6.92 Å². The molecule has 2 rings (SSSR count). The van der Waals surface area contributed by atoms with Gasteiger partial charge in [0.2, 0.25) is 5.89 Å². The van der Waals surface area contributed by atoms with E-state index in [9.17, 15) is 17.6 Å². The van der Waals surface area contributed by atoms with Crippen LogP contribution >= 0.6 is 0 Å². The molecule has 4 nitrogen and oxygen atoms in total. The van der Waals surface area contributed by atoms with Gasteiger partial charge >= 0.3 is 6.18 Å². The molecule has 0 fully saturated rings. The average molecular weight is 303 g/mol. The molecule has 1 aromatic heterocycles. The summed E-state index contributed by atoms with van der Waals surface area (Å²) in [6.07, 6.45) is -4.15. The first kappa shape index (κ1) is 15.4. The van der Waals surface area contributed by atoms with E-state index in [0.29, 0.717) is 30.7 Å². The van der Waals surface area contributed by atoms with E-state index < -0.39 is 17.6 Å². The molecule has 114 valence electrons. The Bertz CT molecular complexity index is 610.